The standard InChI is InChI=1S/C19H22O2/c1-14(2)21-18-11-9-17(10-12-18)19(20)13-8-16-6-4-15(3)5-7-16/h4-7,9-12,14H,8,13H2,1-3H3. The number of hydrogen-bond donors (Lipinski definition) is 0. The van der Waals surface area contributed by atoms with Crippen LogP contribution in [-0.2, 0) is 6.42 Å². The summed E-state index contributed by atoms with van der Waals surface area (Å²) in [5.41, 5.74) is 3.19. The second-order valence-electron chi connectivity index (χ2n) is 5.60. The largest absolute Gasteiger partial charge is 0.491 e. The number of carbonyl (C=O) groups excluding carboxylic acids is 1. The summed E-state index contributed by atoms with van der Waals surface area (Å²) in [6.45, 7) is 6.04. The molecule has 0 radical (unpaired) electrons. The molecule has 0 aliphatic carbocycles. The number of aryl methyl sites for hydroxylation is 2. The molecule has 0 saturated carbocycles. The highest BCUT2D eigenvalue weighted by Crippen LogP contribution is 2.16. The molecule has 2 rings (SSSR count). The molecule has 0 atom stereocenters. The lowest BCUT2D eigenvalue weighted by molar-refractivity contribution is 0.0983. The normalized spacial score (nSPS) is 10.7. The van der Waals surface area contributed by atoms with Gasteiger partial charge in [-0.05, 0) is 57.0 Å². The fraction of sp³-hybridized carbons (Fsp3) is 0.316. The zero-order valence-corrected chi connectivity index (χ0v) is 12.9. The van der Waals surface area contributed by atoms with Gasteiger partial charge in [0, 0.05) is 12.0 Å². The van der Waals surface area contributed by atoms with Crippen molar-refractivity contribution in [1.29, 1.82) is 0 Å². The van der Waals surface area contributed by atoms with E-state index in [-0.39, 0.29) is 11.9 Å². The molecular weight excluding hydrogens is 260 g/mol. The molecule has 0 aromatic heterocycles. The van der Waals surface area contributed by atoms with Gasteiger partial charge in [-0.25, -0.2) is 0 Å². The fourth-order valence-electron chi connectivity index (χ4n) is 2.15. The SMILES string of the molecule is Cc1ccc(CCC(=O)c2ccc(OC(C)C)cc2)cc1. The van der Waals surface area contributed by atoms with Crippen molar-refractivity contribution in [2.75, 3.05) is 0 Å². The van der Waals surface area contributed by atoms with Gasteiger partial charge in [0.2, 0.25) is 0 Å². The van der Waals surface area contributed by atoms with Gasteiger partial charge in [-0.1, -0.05) is 29.8 Å². The maximum absolute atomic E-state index is 12.2. The molecule has 2 aromatic rings. The predicted octanol–water partition coefficient (Wildman–Crippen LogP) is 4.60. The summed E-state index contributed by atoms with van der Waals surface area (Å²) in [5, 5.41) is 0. The summed E-state index contributed by atoms with van der Waals surface area (Å²) in [7, 11) is 0. The average Bonchev–Trinajstić information content (AvgIpc) is 2.46. The third-order valence-electron chi connectivity index (χ3n) is 3.31. The lowest BCUT2D eigenvalue weighted by atomic mass is 10.0. The average molecular weight is 282 g/mol. The van der Waals surface area contributed by atoms with Crippen LogP contribution in [0.5, 0.6) is 5.75 Å². The molecule has 2 nitrogen and oxygen atoms in total. The first-order valence-electron chi connectivity index (χ1n) is 7.40. The van der Waals surface area contributed by atoms with Crippen LogP contribution in [0.15, 0.2) is 48.5 Å². The molecule has 0 N–H and O–H groups in total. The molecule has 2 heteroatoms. The lowest BCUT2D eigenvalue weighted by Gasteiger charge is -2.09. The molecule has 0 aliphatic rings. The summed E-state index contributed by atoms with van der Waals surface area (Å²) >= 11 is 0. The molecule has 0 fully saturated rings. The Balaban J connectivity index is 1.92. The first-order valence-corrected chi connectivity index (χ1v) is 7.40. The highest BCUT2D eigenvalue weighted by Gasteiger charge is 2.07. The van der Waals surface area contributed by atoms with Crippen LogP contribution in [-0.4, -0.2) is 11.9 Å². The van der Waals surface area contributed by atoms with E-state index in [1.54, 1.807) is 0 Å². The Labute approximate surface area is 126 Å². The molecule has 2 aromatic carbocycles. The third kappa shape index (κ3) is 4.75. The Hall–Kier alpha value is -2.09. The van der Waals surface area contributed by atoms with Gasteiger partial charge in [0.15, 0.2) is 5.78 Å². The molecule has 0 aliphatic heterocycles. The van der Waals surface area contributed by atoms with Crippen LogP contribution >= 0.6 is 0 Å². The quantitative estimate of drug-likeness (QED) is 0.724. The molecule has 0 saturated heterocycles. The molecule has 0 bridgehead atoms. The molecule has 0 spiro atoms. The van der Waals surface area contributed by atoms with Crippen molar-refractivity contribution in [3.8, 4) is 5.75 Å². The maximum Gasteiger partial charge on any atom is 0.163 e. The number of benzene rings is 2. The van der Waals surface area contributed by atoms with Crippen molar-refractivity contribution in [3.05, 3.63) is 65.2 Å². The second-order valence-corrected chi connectivity index (χ2v) is 5.60. The zero-order valence-electron chi connectivity index (χ0n) is 12.9. The summed E-state index contributed by atoms with van der Waals surface area (Å²) in [4.78, 5) is 12.2. The van der Waals surface area contributed by atoms with E-state index in [2.05, 4.69) is 31.2 Å². The van der Waals surface area contributed by atoms with Crippen molar-refractivity contribution in [3.63, 3.8) is 0 Å². The summed E-state index contributed by atoms with van der Waals surface area (Å²) in [5.74, 6) is 0.978. The van der Waals surface area contributed by atoms with Gasteiger partial charge >= 0.3 is 0 Å². The van der Waals surface area contributed by atoms with Gasteiger partial charge in [-0.3, -0.25) is 4.79 Å². The van der Waals surface area contributed by atoms with Crippen LogP contribution in [0.4, 0.5) is 0 Å². The van der Waals surface area contributed by atoms with E-state index in [1.807, 2.05) is 38.1 Å². The van der Waals surface area contributed by atoms with Crippen molar-refractivity contribution >= 4 is 5.78 Å². The molecule has 21 heavy (non-hydrogen) atoms. The van der Waals surface area contributed by atoms with Gasteiger partial charge < -0.3 is 4.74 Å². The molecule has 110 valence electrons. The minimum atomic E-state index is 0.146. The first kappa shape index (κ1) is 15.3. The smallest absolute Gasteiger partial charge is 0.163 e. The van der Waals surface area contributed by atoms with Crippen LogP contribution in [0.1, 0.15) is 41.8 Å². The Morgan fingerprint density at radius 2 is 1.62 bits per heavy atom. The summed E-state index contributed by atoms with van der Waals surface area (Å²) < 4.78 is 5.58. The van der Waals surface area contributed by atoms with Crippen molar-refractivity contribution in [2.24, 2.45) is 0 Å². The Morgan fingerprint density at radius 3 is 2.19 bits per heavy atom. The first-order chi connectivity index (χ1) is 10.0. The van der Waals surface area contributed by atoms with Crippen LogP contribution in [0.2, 0.25) is 0 Å². The predicted molar refractivity (Wildman–Crippen MR) is 86.0 cm³/mol. The number of ketones is 1. The van der Waals surface area contributed by atoms with E-state index < -0.39 is 0 Å². The zero-order chi connectivity index (χ0) is 15.2. The number of Topliss-reactive ketones (excluding diaryl/α,β-unsaturated/α-hetero) is 1. The van der Waals surface area contributed by atoms with Gasteiger partial charge in [0.1, 0.15) is 5.75 Å². The number of ether oxygens (including phenoxy) is 1. The van der Waals surface area contributed by atoms with E-state index >= 15 is 0 Å². The van der Waals surface area contributed by atoms with Crippen molar-refractivity contribution in [1.82, 2.24) is 0 Å². The summed E-state index contributed by atoms with van der Waals surface area (Å²) in [6, 6.07) is 15.7. The topological polar surface area (TPSA) is 26.3 Å². The Bertz CT molecular complexity index is 580. The molecule has 0 amide bonds. The number of rotatable bonds is 6. The Kier molecular flexibility index (Phi) is 5.15. The minimum absolute atomic E-state index is 0.146. The van der Waals surface area contributed by atoms with Crippen LogP contribution in [0.25, 0.3) is 0 Å². The highest BCUT2D eigenvalue weighted by molar-refractivity contribution is 5.96. The van der Waals surface area contributed by atoms with E-state index in [9.17, 15) is 4.79 Å². The van der Waals surface area contributed by atoms with Crippen LogP contribution in [0.3, 0.4) is 0 Å². The molecule has 0 heterocycles. The van der Waals surface area contributed by atoms with Crippen LogP contribution in [0, 0.1) is 6.92 Å². The van der Waals surface area contributed by atoms with Crippen molar-refractivity contribution in [2.45, 2.75) is 39.7 Å². The fourth-order valence-corrected chi connectivity index (χ4v) is 2.15. The van der Waals surface area contributed by atoms with Gasteiger partial charge in [-0.15, -0.1) is 0 Å². The van der Waals surface area contributed by atoms with E-state index in [1.165, 1.54) is 11.1 Å². The van der Waals surface area contributed by atoms with Gasteiger partial charge in [0.25, 0.3) is 0 Å². The number of hydrogen-bond acceptors (Lipinski definition) is 2. The van der Waals surface area contributed by atoms with Crippen molar-refractivity contribution < 1.29 is 9.53 Å². The highest BCUT2D eigenvalue weighted by atomic mass is 16.5. The molecular formula is C19H22O2. The second kappa shape index (κ2) is 7.07. The summed E-state index contributed by atoms with van der Waals surface area (Å²) in [6.07, 6.45) is 1.46. The maximum atomic E-state index is 12.2. The minimum Gasteiger partial charge on any atom is -0.491 e. The monoisotopic (exact) mass is 282 g/mol. The van der Waals surface area contributed by atoms with E-state index in [0.717, 1.165) is 17.7 Å². The van der Waals surface area contributed by atoms with Gasteiger partial charge in [0.05, 0.1) is 6.10 Å². The lowest BCUT2D eigenvalue weighted by Crippen LogP contribution is -2.06. The van der Waals surface area contributed by atoms with E-state index in [4.69, 9.17) is 4.74 Å². The van der Waals surface area contributed by atoms with E-state index in [0.29, 0.717) is 6.42 Å². The van der Waals surface area contributed by atoms with Gasteiger partial charge in [-0.2, -0.15) is 0 Å². The van der Waals surface area contributed by atoms with Crippen LogP contribution < -0.4 is 4.74 Å². The Morgan fingerprint density at radius 1 is 1.00 bits per heavy atom. The number of carbonyl (C=O) groups is 1. The third-order valence-corrected chi connectivity index (χ3v) is 3.31. The molecule has 0 unspecified atom stereocenters.